The Morgan fingerprint density at radius 1 is 0.800 bits per heavy atom. The summed E-state index contributed by atoms with van der Waals surface area (Å²) in [6.45, 7) is 10.5. The van der Waals surface area contributed by atoms with Crippen LogP contribution in [0.15, 0.2) is 85.0 Å². The minimum atomic E-state index is -0.388. The molecule has 2 rings (SSSR count). The highest BCUT2D eigenvalue weighted by atomic mass is 16.5. The van der Waals surface area contributed by atoms with E-state index in [0.29, 0.717) is 23.5 Å². The maximum Gasteiger partial charge on any atom is 0.338 e. The molecular weight excluding hydrogens is 316 g/mol. The van der Waals surface area contributed by atoms with Crippen molar-refractivity contribution in [1.29, 1.82) is 0 Å². The lowest BCUT2D eigenvalue weighted by Gasteiger charge is -2.03. The van der Waals surface area contributed by atoms with Crippen molar-refractivity contribution in [3.8, 4) is 5.75 Å². The fraction of sp³-hybridized carbons (Fsp3) is 0.143. The van der Waals surface area contributed by atoms with Gasteiger partial charge in [0.1, 0.15) is 12.4 Å². The molecule has 0 unspecified atom stereocenters. The van der Waals surface area contributed by atoms with E-state index >= 15 is 0 Å². The van der Waals surface area contributed by atoms with Gasteiger partial charge in [0.05, 0.1) is 0 Å². The van der Waals surface area contributed by atoms with Gasteiger partial charge >= 0.3 is 11.9 Å². The second kappa shape index (κ2) is 10.6. The Bertz CT molecular complexity index is 718. The smallest absolute Gasteiger partial charge is 0.338 e. The molecule has 0 aliphatic rings. The number of para-hydroxylation sites is 1. The zero-order valence-corrected chi connectivity index (χ0v) is 14.5. The van der Waals surface area contributed by atoms with Crippen molar-refractivity contribution in [2.24, 2.45) is 0 Å². The molecule has 2 aromatic carbocycles. The first kappa shape index (κ1) is 19.9. The van der Waals surface area contributed by atoms with Gasteiger partial charge in [-0.25, -0.2) is 9.59 Å². The van der Waals surface area contributed by atoms with E-state index in [1.54, 1.807) is 38.1 Å². The summed E-state index contributed by atoms with van der Waals surface area (Å²) in [5.41, 5.74) is 1.81. The molecule has 0 radical (unpaired) electrons. The fourth-order valence-corrected chi connectivity index (χ4v) is 1.53. The van der Waals surface area contributed by atoms with E-state index in [4.69, 9.17) is 9.47 Å². The molecule has 0 N–H and O–H groups in total. The quantitative estimate of drug-likeness (QED) is 0.458. The summed E-state index contributed by atoms with van der Waals surface area (Å²) in [6.07, 6.45) is 0. The van der Waals surface area contributed by atoms with E-state index in [9.17, 15) is 9.59 Å². The van der Waals surface area contributed by atoms with E-state index in [0.717, 1.165) is 5.56 Å². The third-order valence-electron chi connectivity index (χ3n) is 2.86. The normalized spacial score (nSPS) is 9.20. The molecule has 4 heteroatoms. The Hall–Kier alpha value is -3.14. The van der Waals surface area contributed by atoms with E-state index in [2.05, 4.69) is 13.2 Å². The molecule has 0 aliphatic carbocycles. The van der Waals surface area contributed by atoms with Gasteiger partial charge < -0.3 is 9.47 Å². The summed E-state index contributed by atoms with van der Waals surface area (Å²) in [5.74, 6) is -0.185. The van der Waals surface area contributed by atoms with Crippen molar-refractivity contribution < 1.29 is 19.1 Å². The summed E-state index contributed by atoms with van der Waals surface area (Å²) in [7, 11) is 0. The van der Waals surface area contributed by atoms with Gasteiger partial charge in [-0.15, -0.1) is 0 Å². The highest BCUT2D eigenvalue weighted by molar-refractivity contribution is 5.88. The van der Waals surface area contributed by atoms with Crippen molar-refractivity contribution in [2.45, 2.75) is 20.5 Å². The third kappa shape index (κ3) is 8.32. The number of benzene rings is 2. The first-order valence-corrected chi connectivity index (χ1v) is 7.69. The van der Waals surface area contributed by atoms with Crippen LogP contribution in [0.5, 0.6) is 5.75 Å². The second-order valence-corrected chi connectivity index (χ2v) is 5.32. The van der Waals surface area contributed by atoms with Crippen LogP contribution in [-0.2, 0) is 20.9 Å². The molecule has 4 nitrogen and oxygen atoms in total. The molecule has 0 saturated carbocycles. The van der Waals surface area contributed by atoms with Crippen LogP contribution in [-0.4, -0.2) is 11.9 Å². The summed E-state index contributed by atoms with van der Waals surface area (Å²) < 4.78 is 9.89. The number of carbonyl (C=O) groups excluding carboxylic acids is 2. The molecule has 0 bridgehead atoms. The zero-order chi connectivity index (χ0) is 18.7. The maximum atomic E-state index is 11.0. The van der Waals surface area contributed by atoms with Crippen LogP contribution in [0, 0.1) is 0 Å². The van der Waals surface area contributed by atoms with Gasteiger partial charge in [0.2, 0.25) is 0 Å². The molecule has 0 spiro atoms. The van der Waals surface area contributed by atoms with Crippen LogP contribution < -0.4 is 4.74 Å². The van der Waals surface area contributed by atoms with Crippen LogP contribution in [0.25, 0.3) is 0 Å². The Morgan fingerprint density at radius 2 is 1.28 bits per heavy atom. The fourth-order valence-electron chi connectivity index (χ4n) is 1.53. The topological polar surface area (TPSA) is 52.6 Å². The van der Waals surface area contributed by atoms with Crippen LogP contribution in [0.2, 0.25) is 0 Å². The molecule has 0 amide bonds. The minimum Gasteiger partial charge on any atom is -0.457 e. The van der Waals surface area contributed by atoms with Crippen molar-refractivity contribution in [3.63, 3.8) is 0 Å². The lowest BCUT2D eigenvalue weighted by Crippen LogP contribution is -2.07. The van der Waals surface area contributed by atoms with E-state index in [1.807, 2.05) is 36.4 Å². The molecule has 0 aromatic heterocycles. The average molecular weight is 338 g/mol. The van der Waals surface area contributed by atoms with E-state index in [-0.39, 0.29) is 11.9 Å². The first-order chi connectivity index (χ1) is 11.9. The highest BCUT2D eigenvalue weighted by Crippen LogP contribution is 2.09. The standard InChI is InChI=1S/C11H12O2.C10H10O2/c1-9(2)11(12)13-8-10-6-4-3-5-7-10;1-8(2)10(11)12-9-6-4-3-5-7-9/h3-7H,1,8H2,2H3;3-7H,1H2,2H3. The van der Waals surface area contributed by atoms with Crippen molar-refractivity contribution >= 4 is 11.9 Å². The minimum absolute atomic E-state index is 0.312. The van der Waals surface area contributed by atoms with Gasteiger partial charge in [-0.1, -0.05) is 61.7 Å². The predicted molar refractivity (Wildman–Crippen MR) is 97.9 cm³/mol. The van der Waals surface area contributed by atoms with Crippen LogP contribution >= 0.6 is 0 Å². The number of carbonyl (C=O) groups is 2. The number of hydrogen-bond donors (Lipinski definition) is 0. The van der Waals surface area contributed by atoms with Gasteiger partial charge in [0.15, 0.2) is 0 Å². The van der Waals surface area contributed by atoms with Crippen molar-refractivity contribution in [3.05, 3.63) is 90.5 Å². The monoisotopic (exact) mass is 338 g/mol. The van der Waals surface area contributed by atoms with E-state index in [1.165, 1.54) is 0 Å². The molecule has 25 heavy (non-hydrogen) atoms. The molecule has 0 aliphatic heterocycles. The zero-order valence-electron chi connectivity index (χ0n) is 14.5. The van der Waals surface area contributed by atoms with Crippen LogP contribution in [0.4, 0.5) is 0 Å². The van der Waals surface area contributed by atoms with Crippen LogP contribution in [0.1, 0.15) is 19.4 Å². The summed E-state index contributed by atoms with van der Waals surface area (Å²) in [6, 6.07) is 18.5. The molecule has 0 atom stereocenters. The maximum absolute atomic E-state index is 11.0. The van der Waals surface area contributed by atoms with Gasteiger partial charge in [-0.3, -0.25) is 0 Å². The summed E-state index contributed by atoms with van der Waals surface area (Å²) in [4.78, 5) is 22.0. The second-order valence-electron chi connectivity index (χ2n) is 5.32. The number of esters is 2. The molecule has 0 saturated heterocycles. The highest BCUT2D eigenvalue weighted by Gasteiger charge is 2.03. The number of rotatable bonds is 5. The molecule has 2 aromatic rings. The van der Waals surface area contributed by atoms with Crippen LogP contribution in [0.3, 0.4) is 0 Å². The Morgan fingerprint density at radius 3 is 1.76 bits per heavy atom. The molecular formula is C21H22O4. The first-order valence-electron chi connectivity index (χ1n) is 7.69. The molecule has 0 heterocycles. The Balaban J connectivity index is 0.000000251. The number of ether oxygens (including phenoxy) is 2. The molecule has 130 valence electrons. The van der Waals surface area contributed by atoms with Crippen molar-refractivity contribution in [2.75, 3.05) is 0 Å². The van der Waals surface area contributed by atoms with Crippen molar-refractivity contribution in [1.82, 2.24) is 0 Å². The Labute approximate surface area is 148 Å². The average Bonchev–Trinajstić information content (AvgIpc) is 2.61. The van der Waals surface area contributed by atoms with Gasteiger partial charge in [-0.2, -0.15) is 0 Å². The molecule has 0 fully saturated rings. The van der Waals surface area contributed by atoms with E-state index < -0.39 is 0 Å². The largest absolute Gasteiger partial charge is 0.457 e. The lowest BCUT2D eigenvalue weighted by atomic mass is 10.2. The predicted octanol–water partition coefficient (Wildman–Crippen LogP) is 4.47. The third-order valence-corrected chi connectivity index (χ3v) is 2.86. The Kier molecular flexibility index (Phi) is 8.44. The lowest BCUT2D eigenvalue weighted by molar-refractivity contribution is -0.140. The van der Waals surface area contributed by atoms with Gasteiger partial charge in [-0.05, 0) is 31.5 Å². The number of hydrogen-bond acceptors (Lipinski definition) is 4. The summed E-state index contributed by atoms with van der Waals surface area (Å²) in [5, 5.41) is 0. The SMILES string of the molecule is C=C(C)C(=O)OCc1ccccc1.C=C(C)C(=O)Oc1ccccc1. The van der Waals surface area contributed by atoms with Gasteiger partial charge in [0, 0.05) is 11.1 Å². The summed E-state index contributed by atoms with van der Waals surface area (Å²) >= 11 is 0. The van der Waals surface area contributed by atoms with Gasteiger partial charge in [0.25, 0.3) is 0 Å².